The number of ether oxygens (including phenoxy) is 1. The highest BCUT2D eigenvalue weighted by atomic mass is 127. The highest BCUT2D eigenvalue weighted by Crippen LogP contribution is 2.08. The molecular weight excluding hydrogens is 369 g/mol. The van der Waals surface area contributed by atoms with E-state index in [4.69, 9.17) is 4.74 Å². The van der Waals surface area contributed by atoms with Crippen molar-refractivity contribution in [2.45, 2.75) is 45.6 Å². The van der Waals surface area contributed by atoms with E-state index >= 15 is 0 Å². The summed E-state index contributed by atoms with van der Waals surface area (Å²) in [5.74, 6) is 0.690. The van der Waals surface area contributed by atoms with E-state index in [0.717, 1.165) is 31.8 Å². The molecule has 0 spiro atoms. The molecule has 0 saturated carbocycles. The van der Waals surface area contributed by atoms with Gasteiger partial charge in [-0.3, -0.25) is 9.79 Å². The van der Waals surface area contributed by atoms with Crippen molar-refractivity contribution >= 4 is 35.9 Å². The van der Waals surface area contributed by atoms with Crippen LogP contribution >= 0.6 is 24.0 Å². The molecule has 5 nitrogen and oxygen atoms in total. The number of guanidine groups is 1. The van der Waals surface area contributed by atoms with Crippen LogP contribution < -0.4 is 10.6 Å². The molecule has 0 aromatic rings. The Morgan fingerprint density at radius 3 is 2.65 bits per heavy atom. The zero-order chi connectivity index (χ0) is 13.9. The summed E-state index contributed by atoms with van der Waals surface area (Å²) in [7, 11) is 0. The van der Waals surface area contributed by atoms with Gasteiger partial charge in [0.15, 0.2) is 5.96 Å². The van der Waals surface area contributed by atoms with Crippen LogP contribution in [0.3, 0.4) is 0 Å². The molecule has 0 aliphatic heterocycles. The summed E-state index contributed by atoms with van der Waals surface area (Å²) in [5.41, 5.74) is 0. The van der Waals surface area contributed by atoms with Gasteiger partial charge in [0, 0.05) is 25.6 Å². The normalized spacial score (nSPS) is 14.8. The second-order valence-corrected chi connectivity index (χ2v) is 4.45. The fraction of sp³-hybridized carbons (Fsp3) is 0.714. The number of nitrogens with one attached hydrogen (secondary N) is 2. The topological polar surface area (TPSA) is 62.7 Å². The van der Waals surface area contributed by atoms with Gasteiger partial charge in [0.1, 0.15) is 0 Å². The molecule has 0 heterocycles. The molecule has 0 unspecified atom stereocenters. The van der Waals surface area contributed by atoms with Crippen molar-refractivity contribution < 1.29 is 9.53 Å². The van der Waals surface area contributed by atoms with Gasteiger partial charge in [-0.1, -0.05) is 12.2 Å². The summed E-state index contributed by atoms with van der Waals surface area (Å²) in [6.07, 6.45) is 7.62. The van der Waals surface area contributed by atoms with Crippen molar-refractivity contribution in [3.8, 4) is 0 Å². The number of rotatable bonds is 7. The number of aliphatic imine (C=N–C) groups is 1. The lowest BCUT2D eigenvalue weighted by Gasteiger charge is -2.16. The first-order valence-corrected chi connectivity index (χ1v) is 7.11. The van der Waals surface area contributed by atoms with E-state index in [-0.39, 0.29) is 29.9 Å². The Morgan fingerprint density at radius 1 is 1.35 bits per heavy atom. The first-order chi connectivity index (χ1) is 9.26. The van der Waals surface area contributed by atoms with E-state index < -0.39 is 0 Å². The van der Waals surface area contributed by atoms with Gasteiger partial charge in [0.05, 0.1) is 6.61 Å². The molecular formula is C14H26IN3O2. The Kier molecular flexibility index (Phi) is 11.5. The van der Waals surface area contributed by atoms with Gasteiger partial charge in [-0.05, 0) is 33.1 Å². The molecule has 1 aliphatic rings. The SMILES string of the molecule is CCNC(=NCCCC(=O)OCC)NC1CC=CC1.I. The monoisotopic (exact) mass is 395 g/mol. The Balaban J connectivity index is 0.00000361. The van der Waals surface area contributed by atoms with Gasteiger partial charge in [-0.15, -0.1) is 24.0 Å². The summed E-state index contributed by atoms with van der Waals surface area (Å²) in [6, 6.07) is 0.447. The number of esters is 1. The van der Waals surface area contributed by atoms with Gasteiger partial charge in [0.2, 0.25) is 0 Å². The molecule has 0 amide bonds. The fourth-order valence-corrected chi connectivity index (χ4v) is 1.90. The Labute approximate surface area is 138 Å². The fourth-order valence-electron chi connectivity index (χ4n) is 1.90. The molecule has 1 rings (SSSR count). The standard InChI is InChI=1S/C14H25N3O2.HI/c1-3-15-14(17-12-8-5-6-9-12)16-11-7-10-13(18)19-4-2;/h5-6,12H,3-4,7-11H2,1-2H3,(H2,15,16,17);1H. The second kappa shape index (κ2) is 12.0. The lowest BCUT2D eigenvalue weighted by molar-refractivity contribution is -0.143. The minimum atomic E-state index is -0.143. The van der Waals surface area contributed by atoms with Crippen molar-refractivity contribution in [2.24, 2.45) is 4.99 Å². The van der Waals surface area contributed by atoms with Crippen LogP contribution in [0.4, 0.5) is 0 Å². The van der Waals surface area contributed by atoms with Crippen LogP contribution in [0.25, 0.3) is 0 Å². The minimum absolute atomic E-state index is 0. The van der Waals surface area contributed by atoms with E-state index in [1.807, 2.05) is 13.8 Å². The van der Waals surface area contributed by atoms with E-state index in [0.29, 0.717) is 25.6 Å². The van der Waals surface area contributed by atoms with Crippen molar-refractivity contribution in [2.75, 3.05) is 19.7 Å². The lowest BCUT2D eigenvalue weighted by Crippen LogP contribution is -2.42. The van der Waals surface area contributed by atoms with Crippen molar-refractivity contribution in [1.82, 2.24) is 10.6 Å². The van der Waals surface area contributed by atoms with E-state index in [1.54, 1.807) is 0 Å². The van der Waals surface area contributed by atoms with Gasteiger partial charge >= 0.3 is 5.97 Å². The van der Waals surface area contributed by atoms with E-state index in [1.165, 1.54) is 0 Å². The molecule has 0 aromatic carbocycles. The molecule has 0 radical (unpaired) electrons. The quantitative estimate of drug-likeness (QED) is 0.173. The molecule has 1 aliphatic carbocycles. The van der Waals surface area contributed by atoms with Gasteiger partial charge in [-0.2, -0.15) is 0 Å². The number of carbonyl (C=O) groups is 1. The van der Waals surface area contributed by atoms with Crippen LogP contribution in [0.15, 0.2) is 17.1 Å². The maximum Gasteiger partial charge on any atom is 0.305 e. The summed E-state index contributed by atoms with van der Waals surface area (Å²) < 4.78 is 4.88. The highest BCUT2D eigenvalue weighted by molar-refractivity contribution is 14.0. The molecule has 2 N–H and O–H groups in total. The Bertz CT molecular complexity index is 324. The number of hydrogen-bond acceptors (Lipinski definition) is 3. The Hall–Kier alpha value is -0.790. The molecule has 0 bridgehead atoms. The number of halogens is 1. The zero-order valence-electron chi connectivity index (χ0n) is 12.4. The van der Waals surface area contributed by atoms with Crippen molar-refractivity contribution in [3.63, 3.8) is 0 Å². The van der Waals surface area contributed by atoms with E-state index in [2.05, 4.69) is 27.8 Å². The minimum Gasteiger partial charge on any atom is -0.466 e. The average Bonchev–Trinajstić information content (AvgIpc) is 2.88. The number of carbonyl (C=O) groups excluding carboxylic acids is 1. The summed E-state index contributed by atoms with van der Waals surface area (Å²) in [6.45, 7) is 5.78. The average molecular weight is 395 g/mol. The third-order valence-corrected chi connectivity index (χ3v) is 2.81. The molecule has 0 fully saturated rings. The maximum absolute atomic E-state index is 11.2. The van der Waals surface area contributed by atoms with Gasteiger partial charge < -0.3 is 15.4 Å². The molecule has 116 valence electrons. The number of nitrogens with zero attached hydrogens (tertiary/aromatic N) is 1. The summed E-state index contributed by atoms with van der Waals surface area (Å²) >= 11 is 0. The third kappa shape index (κ3) is 8.39. The largest absolute Gasteiger partial charge is 0.466 e. The number of hydrogen-bond donors (Lipinski definition) is 2. The maximum atomic E-state index is 11.2. The smallest absolute Gasteiger partial charge is 0.305 e. The summed E-state index contributed by atoms with van der Waals surface area (Å²) in [5, 5.41) is 6.61. The molecule has 0 atom stereocenters. The van der Waals surface area contributed by atoms with Gasteiger partial charge in [-0.25, -0.2) is 0 Å². The van der Waals surface area contributed by atoms with E-state index in [9.17, 15) is 4.79 Å². The van der Waals surface area contributed by atoms with Crippen molar-refractivity contribution in [3.05, 3.63) is 12.2 Å². The van der Waals surface area contributed by atoms with Crippen LogP contribution in [-0.4, -0.2) is 37.7 Å². The van der Waals surface area contributed by atoms with Gasteiger partial charge in [0.25, 0.3) is 0 Å². The second-order valence-electron chi connectivity index (χ2n) is 4.45. The van der Waals surface area contributed by atoms with Crippen molar-refractivity contribution in [1.29, 1.82) is 0 Å². The zero-order valence-corrected chi connectivity index (χ0v) is 14.7. The highest BCUT2D eigenvalue weighted by Gasteiger charge is 2.11. The van der Waals surface area contributed by atoms with Crippen LogP contribution in [-0.2, 0) is 9.53 Å². The first-order valence-electron chi connectivity index (χ1n) is 7.11. The molecule has 20 heavy (non-hydrogen) atoms. The van der Waals surface area contributed by atoms with Crippen LogP contribution in [0, 0.1) is 0 Å². The van der Waals surface area contributed by atoms with Crippen LogP contribution in [0.2, 0.25) is 0 Å². The molecule has 0 aromatic heterocycles. The van der Waals surface area contributed by atoms with Crippen LogP contribution in [0.5, 0.6) is 0 Å². The first kappa shape index (κ1) is 19.2. The third-order valence-electron chi connectivity index (χ3n) is 2.81. The lowest BCUT2D eigenvalue weighted by atomic mass is 10.2. The molecule has 0 saturated heterocycles. The summed E-state index contributed by atoms with van der Waals surface area (Å²) in [4.78, 5) is 15.6. The van der Waals surface area contributed by atoms with Crippen LogP contribution in [0.1, 0.15) is 39.5 Å². The molecule has 6 heteroatoms. The Morgan fingerprint density at radius 2 is 2.05 bits per heavy atom. The predicted octanol–water partition coefficient (Wildman–Crippen LogP) is 2.22. The predicted molar refractivity (Wildman–Crippen MR) is 92.6 cm³/mol.